The lowest BCUT2D eigenvalue weighted by Crippen LogP contribution is -1.97. The molecule has 0 saturated carbocycles. The van der Waals surface area contributed by atoms with Crippen LogP contribution in [0, 0.1) is 5.92 Å². The third-order valence-electron chi connectivity index (χ3n) is 3.76. The summed E-state index contributed by atoms with van der Waals surface area (Å²) in [7, 11) is 0. The van der Waals surface area contributed by atoms with Crippen molar-refractivity contribution in [1.29, 1.82) is 0 Å². The van der Waals surface area contributed by atoms with Gasteiger partial charge in [-0.1, -0.05) is 52.9 Å². The van der Waals surface area contributed by atoms with Crippen molar-refractivity contribution in [2.45, 2.75) is 65.7 Å². The Morgan fingerprint density at radius 1 is 1.21 bits per heavy atom. The highest BCUT2D eigenvalue weighted by Gasteiger charge is 2.01. The first kappa shape index (κ1) is 22.6. The summed E-state index contributed by atoms with van der Waals surface area (Å²) >= 11 is 5.38. The second kappa shape index (κ2) is 16.5. The molecule has 3 nitrogen and oxygen atoms in total. The van der Waals surface area contributed by atoms with E-state index in [1.807, 2.05) is 24.4 Å². The second-order valence-corrected chi connectivity index (χ2v) is 6.16. The molecule has 0 radical (unpaired) electrons. The fourth-order valence-corrected chi connectivity index (χ4v) is 2.45. The number of aromatic amines is 1. The van der Waals surface area contributed by atoms with Crippen molar-refractivity contribution in [2.24, 2.45) is 5.92 Å². The molecule has 2 heterocycles. The number of unbranched alkanes of at least 4 members (excludes halogenated alkanes) is 2. The Morgan fingerprint density at radius 2 is 2.00 bits per heavy atom. The maximum absolute atomic E-state index is 10.0. The first-order chi connectivity index (χ1) is 11.7. The van der Waals surface area contributed by atoms with Crippen LogP contribution >= 0.6 is 11.6 Å². The predicted molar refractivity (Wildman–Crippen MR) is 106 cm³/mol. The maximum atomic E-state index is 10.0. The number of fused-ring (bicyclic) bond motifs is 1. The summed E-state index contributed by atoms with van der Waals surface area (Å²) in [4.78, 5) is 17.1. The predicted octanol–water partition coefficient (Wildman–Crippen LogP) is 6.38. The van der Waals surface area contributed by atoms with Crippen molar-refractivity contribution < 1.29 is 4.79 Å². The third kappa shape index (κ3) is 11.2. The van der Waals surface area contributed by atoms with Crippen LogP contribution in [-0.2, 0) is 4.79 Å². The van der Waals surface area contributed by atoms with Crippen LogP contribution in [0.4, 0.5) is 0 Å². The van der Waals surface area contributed by atoms with E-state index in [1.54, 1.807) is 6.20 Å². The number of nitrogens with zero attached hydrogens (tertiary/aromatic N) is 1. The molecule has 0 aliphatic rings. The Balaban J connectivity index is 0.000000340. The van der Waals surface area contributed by atoms with Crippen LogP contribution in [-0.4, -0.2) is 22.1 Å². The van der Waals surface area contributed by atoms with E-state index in [9.17, 15) is 4.79 Å². The Bertz CT molecular complexity index is 479. The quantitative estimate of drug-likeness (QED) is 0.340. The lowest BCUT2D eigenvalue weighted by Gasteiger charge is -2.07. The number of H-pyrrole nitrogens is 1. The molecule has 136 valence electrons. The molecule has 0 saturated heterocycles. The Hall–Kier alpha value is -1.35. The van der Waals surface area contributed by atoms with E-state index in [0.717, 1.165) is 36.0 Å². The number of nitrogens with one attached hydrogen (secondary N) is 1. The monoisotopic (exact) mass is 352 g/mol. The summed E-state index contributed by atoms with van der Waals surface area (Å²) in [6.45, 7) is 6.48. The van der Waals surface area contributed by atoms with Crippen LogP contribution in [0.15, 0.2) is 30.6 Å². The van der Waals surface area contributed by atoms with Gasteiger partial charge in [0.05, 0.1) is 0 Å². The van der Waals surface area contributed by atoms with Crippen molar-refractivity contribution in [1.82, 2.24) is 9.97 Å². The molecule has 2 aromatic heterocycles. The Labute approximate surface area is 152 Å². The number of carbonyl (C=O) groups is 1. The number of pyridine rings is 1. The molecule has 1 N–H and O–H groups in total. The van der Waals surface area contributed by atoms with Gasteiger partial charge >= 0.3 is 0 Å². The molecule has 2 rings (SSSR count). The lowest BCUT2D eigenvalue weighted by atomic mass is 9.98. The van der Waals surface area contributed by atoms with Crippen LogP contribution < -0.4 is 0 Å². The van der Waals surface area contributed by atoms with Crippen LogP contribution in [0.2, 0.25) is 0 Å². The zero-order valence-electron chi connectivity index (χ0n) is 15.4. The van der Waals surface area contributed by atoms with E-state index in [-0.39, 0.29) is 0 Å². The SMILES string of the molecule is CCCC(CC)CC=O.CCCCCCl.c1cnc2[nH]ccc2c1. The molecule has 24 heavy (non-hydrogen) atoms. The molecule has 0 fully saturated rings. The first-order valence-electron chi connectivity index (χ1n) is 9.11. The largest absolute Gasteiger partial charge is 0.346 e. The summed E-state index contributed by atoms with van der Waals surface area (Å²) < 4.78 is 0. The molecule has 0 aromatic carbocycles. The zero-order valence-corrected chi connectivity index (χ0v) is 16.2. The molecule has 1 unspecified atom stereocenters. The Kier molecular flexibility index (Phi) is 15.6. The third-order valence-corrected chi connectivity index (χ3v) is 4.03. The van der Waals surface area contributed by atoms with Gasteiger partial charge in [0, 0.05) is 30.1 Å². The number of aromatic nitrogens is 2. The minimum Gasteiger partial charge on any atom is -0.346 e. The number of aldehydes is 1. The normalized spacial score (nSPS) is 11.0. The molecule has 2 aromatic rings. The van der Waals surface area contributed by atoms with Crippen molar-refractivity contribution in [3.05, 3.63) is 30.6 Å². The van der Waals surface area contributed by atoms with Gasteiger partial charge in [0.1, 0.15) is 11.9 Å². The van der Waals surface area contributed by atoms with Gasteiger partial charge in [-0.05, 0) is 30.5 Å². The maximum Gasteiger partial charge on any atom is 0.137 e. The van der Waals surface area contributed by atoms with Crippen LogP contribution in [0.3, 0.4) is 0 Å². The minimum atomic E-state index is 0.646. The zero-order chi connectivity index (χ0) is 18.0. The van der Waals surface area contributed by atoms with Gasteiger partial charge in [-0.25, -0.2) is 4.98 Å². The molecular formula is C20H33ClN2O. The number of rotatable bonds is 8. The number of hydrogen-bond donors (Lipinski definition) is 1. The van der Waals surface area contributed by atoms with Crippen molar-refractivity contribution in [2.75, 3.05) is 5.88 Å². The fourth-order valence-electron chi connectivity index (χ4n) is 2.26. The minimum absolute atomic E-state index is 0.646. The van der Waals surface area contributed by atoms with E-state index in [0.29, 0.717) is 5.92 Å². The number of carbonyl (C=O) groups excluding carboxylic acids is 1. The molecular weight excluding hydrogens is 320 g/mol. The summed E-state index contributed by atoms with van der Waals surface area (Å²) in [5, 5.41) is 1.16. The molecule has 0 spiro atoms. The van der Waals surface area contributed by atoms with E-state index < -0.39 is 0 Å². The average molecular weight is 353 g/mol. The number of halogens is 1. The van der Waals surface area contributed by atoms with Gasteiger partial charge in [0.15, 0.2) is 0 Å². The summed E-state index contributed by atoms with van der Waals surface area (Å²) in [6, 6.07) is 5.96. The van der Waals surface area contributed by atoms with Crippen LogP contribution in [0.5, 0.6) is 0 Å². The van der Waals surface area contributed by atoms with Gasteiger partial charge in [-0.3, -0.25) is 0 Å². The van der Waals surface area contributed by atoms with Gasteiger partial charge < -0.3 is 9.78 Å². The molecule has 0 amide bonds. The summed E-state index contributed by atoms with van der Waals surface area (Å²) in [5.41, 5.74) is 0.956. The molecule has 4 heteroatoms. The molecule has 1 atom stereocenters. The van der Waals surface area contributed by atoms with Crippen molar-refractivity contribution in [3.63, 3.8) is 0 Å². The van der Waals surface area contributed by atoms with E-state index >= 15 is 0 Å². The number of alkyl halides is 1. The molecule has 0 bridgehead atoms. The second-order valence-electron chi connectivity index (χ2n) is 5.78. The van der Waals surface area contributed by atoms with E-state index in [4.69, 9.17) is 11.6 Å². The topological polar surface area (TPSA) is 45.8 Å². The van der Waals surface area contributed by atoms with Gasteiger partial charge in [-0.2, -0.15) is 0 Å². The summed E-state index contributed by atoms with van der Waals surface area (Å²) in [6.07, 6.45) is 12.7. The highest BCUT2D eigenvalue weighted by atomic mass is 35.5. The fraction of sp³-hybridized carbons (Fsp3) is 0.600. The van der Waals surface area contributed by atoms with E-state index in [2.05, 4.69) is 30.7 Å². The van der Waals surface area contributed by atoms with Crippen molar-refractivity contribution >= 4 is 28.9 Å². The average Bonchev–Trinajstić information content (AvgIpc) is 3.09. The highest BCUT2D eigenvalue weighted by Crippen LogP contribution is 2.12. The van der Waals surface area contributed by atoms with Gasteiger partial charge in [0.2, 0.25) is 0 Å². The number of hydrogen-bond acceptors (Lipinski definition) is 2. The van der Waals surface area contributed by atoms with Crippen LogP contribution in [0.25, 0.3) is 11.0 Å². The van der Waals surface area contributed by atoms with Crippen molar-refractivity contribution in [3.8, 4) is 0 Å². The first-order valence-corrected chi connectivity index (χ1v) is 9.64. The van der Waals surface area contributed by atoms with Gasteiger partial charge in [-0.15, -0.1) is 11.6 Å². The molecule has 0 aliphatic carbocycles. The van der Waals surface area contributed by atoms with E-state index in [1.165, 1.54) is 32.1 Å². The smallest absolute Gasteiger partial charge is 0.137 e. The molecule has 0 aliphatic heterocycles. The van der Waals surface area contributed by atoms with Crippen LogP contribution in [0.1, 0.15) is 65.7 Å². The Morgan fingerprint density at radius 3 is 2.50 bits per heavy atom. The van der Waals surface area contributed by atoms with Gasteiger partial charge in [0.25, 0.3) is 0 Å². The standard InChI is InChI=1S/C8H16O.C7H6N2.C5H11Cl/c1-3-5-8(4-2)6-7-9;1-2-6-3-5-9-7(6)8-4-1;1-2-3-4-5-6/h7-8H,3-6H2,1-2H3;1-5H,(H,8,9);2-5H2,1H3. The lowest BCUT2D eigenvalue weighted by molar-refractivity contribution is -0.108. The highest BCUT2D eigenvalue weighted by molar-refractivity contribution is 6.17. The summed E-state index contributed by atoms with van der Waals surface area (Å²) in [5.74, 6) is 1.47.